The van der Waals surface area contributed by atoms with Gasteiger partial charge in [-0.25, -0.2) is 4.79 Å². The van der Waals surface area contributed by atoms with Crippen LogP contribution in [0, 0.1) is 17.8 Å². The summed E-state index contributed by atoms with van der Waals surface area (Å²) in [6.07, 6.45) is 9.51. The molecular formula is C17H22O2. The molecule has 0 aliphatic heterocycles. The monoisotopic (exact) mass is 258 g/mol. The van der Waals surface area contributed by atoms with Gasteiger partial charge >= 0.3 is 5.97 Å². The first-order chi connectivity index (χ1) is 9.01. The van der Waals surface area contributed by atoms with Crippen LogP contribution in [0.1, 0.15) is 33.6 Å². The maximum absolute atomic E-state index is 11.2. The minimum Gasteiger partial charge on any atom is -0.428 e. The fourth-order valence-electron chi connectivity index (χ4n) is 2.84. The Labute approximate surface area is 115 Å². The number of hydrogen-bond donors (Lipinski definition) is 0. The third kappa shape index (κ3) is 3.06. The zero-order valence-electron chi connectivity index (χ0n) is 12.0. The van der Waals surface area contributed by atoms with Gasteiger partial charge in [-0.15, -0.1) is 0 Å². The van der Waals surface area contributed by atoms with E-state index in [4.69, 9.17) is 4.74 Å². The van der Waals surface area contributed by atoms with E-state index < -0.39 is 0 Å². The molecule has 0 fully saturated rings. The van der Waals surface area contributed by atoms with Crippen LogP contribution in [0.4, 0.5) is 0 Å². The maximum atomic E-state index is 11.2. The van der Waals surface area contributed by atoms with Gasteiger partial charge < -0.3 is 4.74 Å². The van der Waals surface area contributed by atoms with Gasteiger partial charge in [0.1, 0.15) is 5.76 Å². The minimum absolute atomic E-state index is 0.370. The second-order valence-electron chi connectivity index (χ2n) is 5.79. The highest BCUT2D eigenvalue weighted by atomic mass is 16.5. The van der Waals surface area contributed by atoms with Crippen LogP contribution >= 0.6 is 0 Å². The first-order valence-electron chi connectivity index (χ1n) is 6.96. The zero-order valence-corrected chi connectivity index (χ0v) is 12.0. The summed E-state index contributed by atoms with van der Waals surface area (Å²) in [5, 5.41) is 0. The van der Waals surface area contributed by atoms with Crippen LogP contribution in [0.25, 0.3) is 0 Å². The third-order valence-corrected chi connectivity index (χ3v) is 4.05. The van der Waals surface area contributed by atoms with Crippen LogP contribution in [-0.4, -0.2) is 5.97 Å². The molecule has 0 bridgehead atoms. The molecule has 0 N–H and O–H groups in total. The number of carbonyl (C=O) groups excluding carboxylic acids is 1. The summed E-state index contributed by atoms with van der Waals surface area (Å²) in [7, 11) is 0. The van der Waals surface area contributed by atoms with E-state index in [1.807, 2.05) is 6.08 Å². The number of esters is 1. The highest BCUT2D eigenvalue weighted by Gasteiger charge is 2.30. The number of hydrogen-bond acceptors (Lipinski definition) is 2. The van der Waals surface area contributed by atoms with Crippen LogP contribution in [-0.2, 0) is 9.53 Å². The summed E-state index contributed by atoms with van der Waals surface area (Å²) in [5.74, 6) is 2.06. The molecule has 0 spiro atoms. The number of allylic oxidation sites excluding steroid dienone is 6. The van der Waals surface area contributed by atoms with Crippen molar-refractivity contribution < 1.29 is 9.53 Å². The normalized spacial score (nSPS) is 26.0. The molecule has 2 aliphatic rings. The summed E-state index contributed by atoms with van der Waals surface area (Å²) >= 11 is 0. The zero-order chi connectivity index (χ0) is 14.0. The van der Waals surface area contributed by atoms with E-state index in [1.54, 1.807) is 0 Å². The van der Waals surface area contributed by atoms with Crippen molar-refractivity contribution in [2.24, 2.45) is 17.8 Å². The van der Waals surface area contributed by atoms with E-state index in [1.165, 1.54) is 17.2 Å². The van der Waals surface area contributed by atoms with Gasteiger partial charge in [-0.2, -0.15) is 0 Å². The Kier molecular flexibility index (Phi) is 4.08. The molecule has 2 aliphatic carbocycles. The molecular weight excluding hydrogens is 236 g/mol. The van der Waals surface area contributed by atoms with E-state index in [0.717, 1.165) is 18.6 Å². The third-order valence-electron chi connectivity index (χ3n) is 4.05. The fourth-order valence-corrected chi connectivity index (χ4v) is 2.84. The molecule has 0 saturated heterocycles. The molecule has 0 amide bonds. The van der Waals surface area contributed by atoms with Gasteiger partial charge in [0, 0.05) is 12.5 Å². The predicted molar refractivity (Wildman–Crippen MR) is 77.3 cm³/mol. The van der Waals surface area contributed by atoms with E-state index in [-0.39, 0.29) is 5.97 Å². The summed E-state index contributed by atoms with van der Waals surface area (Å²) < 4.78 is 5.25. The van der Waals surface area contributed by atoms with Crippen LogP contribution in [0.3, 0.4) is 0 Å². The molecule has 0 aromatic rings. The Morgan fingerprint density at radius 1 is 1.42 bits per heavy atom. The quantitative estimate of drug-likeness (QED) is 0.561. The van der Waals surface area contributed by atoms with E-state index in [2.05, 4.69) is 39.5 Å². The van der Waals surface area contributed by atoms with Crippen LogP contribution < -0.4 is 0 Å². The highest BCUT2D eigenvalue weighted by Crippen LogP contribution is 2.41. The highest BCUT2D eigenvalue weighted by molar-refractivity contribution is 5.82. The lowest BCUT2D eigenvalue weighted by molar-refractivity contribution is -0.134. The molecule has 2 unspecified atom stereocenters. The van der Waals surface area contributed by atoms with Crippen LogP contribution in [0.2, 0.25) is 0 Å². The first-order valence-corrected chi connectivity index (χ1v) is 6.96. The smallest absolute Gasteiger partial charge is 0.335 e. The fraction of sp³-hybridized carbons (Fsp3) is 0.471. The largest absolute Gasteiger partial charge is 0.428 e. The van der Waals surface area contributed by atoms with Crippen LogP contribution in [0.15, 0.2) is 47.8 Å². The number of fused-ring (bicyclic) bond motifs is 1. The van der Waals surface area contributed by atoms with Crippen molar-refractivity contribution in [1.29, 1.82) is 0 Å². The van der Waals surface area contributed by atoms with Gasteiger partial charge in [0.05, 0.1) is 0 Å². The summed E-state index contributed by atoms with van der Waals surface area (Å²) in [5.41, 5.74) is 2.90. The number of carbonyl (C=O) groups is 1. The molecule has 0 saturated carbocycles. The number of rotatable bonds is 3. The van der Waals surface area contributed by atoms with Gasteiger partial charge in [0.15, 0.2) is 0 Å². The maximum Gasteiger partial charge on any atom is 0.335 e. The molecule has 0 aromatic heterocycles. The van der Waals surface area contributed by atoms with Crippen molar-refractivity contribution in [3.05, 3.63) is 47.8 Å². The Hall–Kier alpha value is -1.57. The average Bonchev–Trinajstić information content (AvgIpc) is 2.39. The minimum atomic E-state index is -0.370. The Bertz CT molecular complexity index is 477. The average molecular weight is 258 g/mol. The van der Waals surface area contributed by atoms with E-state index in [0.29, 0.717) is 17.8 Å². The molecule has 2 nitrogen and oxygen atoms in total. The summed E-state index contributed by atoms with van der Waals surface area (Å²) in [6.45, 7) is 10.2. The molecule has 0 heterocycles. The van der Waals surface area contributed by atoms with Gasteiger partial charge in [-0.1, -0.05) is 45.1 Å². The predicted octanol–water partition coefficient (Wildman–Crippen LogP) is 4.17. The summed E-state index contributed by atoms with van der Waals surface area (Å²) in [4.78, 5) is 11.2. The van der Waals surface area contributed by atoms with Crippen molar-refractivity contribution >= 4 is 5.97 Å². The topological polar surface area (TPSA) is 26.3 Å². The molecule has 0 aromatic carbocycles. The molecule has 19 heavy (non-hydrogen) atoms. The second-order valence-corrected chi connectivity index (χ2v) is 5.79. The van der Waals surface area contributed by atoms with E-state index in [9.17, 15) is 4.79 Å². The lowest BCUT2D eigenvalue weighted by atomic mass is 9.72. The van der Waals surface area contributed by atoms with Gasteiger partial charge in [-0.3, -0.25) is 0 Å². The van der Waals surface area contributed by atoms with Crippen molar-refractivity contribution in [2.45, 2.75) is 33.6 Å². The van der Waals surface area contributed by atoms with Crippen molar-refractivity contribution in [3.63, 3.8) is 0 Å². The number of ether oxygens (including phenoxy) is 1. The first kappa shape index (κ1) is 13.9. The Balaban J connectivity index is 2.20. The molecule has 102 valence electrons. The van der Waals surface area contributed by atoms with Crippen LogP contribution in [0.5, 0.6) is 0 Å². The van der Waals surface area contributed by atoms with Crippen molar-refractivity contribution in [1.82, 2.24) is 0 Å². The Morgan fingerprint density at radius 3 is 2.79 bits per heavy atom. The van der Waals surface area contributed by atoms with E-state index >= 15 is 0 Å². The van der Waals surface area contributed by atoms with Gasteiger partial charge in [-0.05, 0) is 35.8 Å². The van der Waals surface area contributed by atoms with Crippen molar-refractivity contribution in [2.75, 3.05) is 0 Å². The second kappa shape index (κ2) is 5.60. The molecule has 2 atom stereocenters. The van der Waals surface area contributed by atoms with Crippen molar-refractivity contribution in [3.8, 4) is 0 Å². The lowest BCUT2D eigenvalue weighted by Crippen LogP contribution is -2.23. The standard InChI is InChI=1S/C17H22O2/c1-5-17(18)19-15-7-6-13-9-14(11(2)3)8-12(4)16(13)10-15/h5-7,9,11-12,16H,1,8,10H2,2-4H3. The molecule has 2 rings (SSSR count). The SMILES string of the molecule is C=CC(=O)OC1=CC=C2C=C(C(C)C)CC(C)C2C1. The Morgan fingerprint density at radius 2 is 2.16 bits per heavy atom. The van der Waals surface area contributed by atoms with Gasteiger partial charge in [0.25, 0.3) is 0 Å². The molecule has 2 heteroatoms. The lowest BCUT2D eigenvalue weighted by Gasteiger charge is -2.34. The molecule has 0 radical (unpaired) electrons. The summed E-state index contributed by atoms with van der Waals surface area (Å²) in [6, 6.07) is 0. The van der Waals surface area contributed by atoms with Gasteiger partial charge in [0.2, 0.25) is 0 Å².